The molecule has 0 aliphatic carbocycles. The first-order valence-corrected chi connectivity index (χ1v) is 7.84. The third-order valence-corrected chi connectivity index (χ3v) is 3.12. The van der Waals surface area contributed by atoms with Gasteiger partial charge in [0, 0.05) is 38.9 Å². The van der Waals surface area contributed by atoms with Crippen molar-refractivity contribution in [2.45, 2.75) is 39.7 Å². The topological polar surface area (TPSA) is 39.7 Å². The molecule has 1 aromatic rings. The maximum Gasteiger partial charge on any atom is 0.191 e. The van der Waals surface area contributed by atoms with Crippen molar-refractivity contribution in [1.82, 2.24) is 10.6 Å². The molecular formula is C17H31IN4. The van der Waals surface area contributed by atoms with Gasteiger partial charge in [-0.05, 0) is 51.3 Å². The van der Waals surface area contributed by atoms with Crippen LogP contribution >= 0.6 is 24.0 Å². The second-order valence-corrected chi connectivity index (χ2v) is 5.72. The van der Waals surface area contributed by atoms with Crippen LogP contribution in [0.4, 0.5) is 5.69 Å². The van der Waals surface area contributed by atoms with E-state index in [9.17, 15) is 0 Å². The lowest BCUT2D eigenvalue weighted by Crippen LogP contribution is -2.41. The molecule has 5 heteroatoms. The number of guanidine groups is 1. The first-order chi connectivity index (χ1) is 10.0. The lowest BCUT2D eigenvalue weighted by molar-refractivity contribution is 0.696. The molecule has 0 spiro atoms. The molecule has 0 amide bonds. The molecule has 1 aromatic carbocycles. The number of halogens is 1. The van der Waals surface area contributed by atoms with E-state index in [2.05, 4.69) is 79.7 Å². The molecule has 0 bridgehead atoms. The molecule has 0 aliphatic heterocycles. The molecule has 22 heavy (non-hydrogen) atoms. The zero-order chi connectivity index (χ0) is 15.7. The van der Waals surface area contributed by atoms with Gasteiger partial charge >= 0.3 is 0 Å². The van der Waals surface area contributed by atoms with Crippen molar-refractivity contribution in [3.63, 3.8) is 0 Å². The Bertz CT molecular complexity index is 427. The van der Waals surface area contributed by atoms with Crippen LogP contribution in [-0.4, -0.2) is 39.2 Å². The van der Waals surface area contributed by atoms with E-state index in [0.717, 1.165) is 31.9 Å². The van der Waals surface area contributed by atoms with E-state index in [1.807, 2.05) is 0 Å². The van der Waals surface area contributed by atoms with E-state index in [1.54, 1.807) is 0 Å². The van der Waals surface area contributed by atoms with E-state index in [1.165, 1.54) is 11.3 Å². The molecule has 126 valence electrons. The predicted octanol–water partition coefficient (Wildman–Crippen LogP) is 3.27. The number of nitrogens with zero attached hydrogens (tertiary/aromatic N) is 2. The first kappa shape index (κ1) is 21.0. The maximum atomic E-state index is 4.60. The fraction of sp³-hybridized carbons (Fsp3) is 0.588. The summed E-state index contributed by atoms with van der Waals surface area (Å²) in [6.45, 7) is 8.07. The number of hydrogen-bond donors (Lipinski definition) is 2. The Morgan fingerprint density at radius 3 is 2.32 bits per heavy atom. The van der Waals surface area contributed by atoms with E-state index in [-0.39, 0.29) is 24.0 Å². The van der Waals surface area contributed by atoms with Crippen LogP contribution in [0.15, 0.2) is 29.3 Å². The van der Waals surface area contributed by atoms with E-state index < -0.39 is 0 Å². The van der Waals surface area contributed by atoms with Crippen LogP contribution in [0.2, 0.25) is 0 Å². The number of nitrogens with one attached hydrogen (secondary N) is 2. The summed E-state index contributed by atoms with van der Waals surface area (Å²) >= 11 is 0. The van der Waals surface area contributed by atoms with Gasteiger partial charge in [-0.2, -0.15) is 0 Å². The maximum absolute atomic E-state index is 4.60. The number of anilines is 1. The standard InChI is InChI=1S/C17H30N4.HI/c1-6-18-17(20-14(2)3)19-13-7-8-15-9-11-16(12-10-15)21(4)5;/h9-12,14H,6-8,13H2,1-5H3,(H2,18,19,20);1H. The van der Waals surface area contributed by atoms with Gasteiger partial charge in [0.25, 0.3) is 0 Å². The molecule has 0 saturated heterocycles. The Labute approximate surface area is 152 Å². The molecule has 0 heterocycles. The summed E-state index contributed by atoms with van der Waals surface area (Å²) in [7, 11) is 4.13. The molecular weight excluding hydrogens is 387 g/mol. The molecule has 0 aliphatic rings. The number of hydrogen-bond acceptors (Lipinski definition) is 2. The van der Waals surface area contributed by atoms with Gasteiger partial charge in [0.2, 0.25) is 0 Å². The molecule has 0 fully saturated rings. The minimum atomic E-state index is 0. The summed E-state index contributed by atoms with van der Waals surface area (Å²) in [6.07, 6.45) is 2.13. The lowest BCUT2D eigenvalue weighted by atomic mass is 10.1. The summed E-state index contributed by atoms with van der Waals surface area (Å²) in [4.78, 5) is 6.72. The van der Waals surface area contributed by atoms with Crippen LogP contribution in [-0.2, 0) is 6.42 Å². The molecule has 0 atom stereocenters. The SMILES string of the molecule is CCNC(=NCCCc1ccc(N(C)C)cc1)NC(C)C.I. The molecule has 0 unspecified atom stereocenters. The molecule has 0 radical (unpaired) electrons. The quantitative estimate of drug-likeness (QED) is 0.309. The van der Waals surface area contributed by atoms with Crippen LogP contribution in [0.3, 0.4) is 0 Å². The zero-order valence-corrected chi connectivity index (χ0v) is 16.8. The Hall–Kier alpha value is -0.980. The summed E-state index contributed by atoms with van der Waals surface area (Å²) in [6, 6.07) is 9.15. The Morgan fingerprint density at radius 1 is 1.18 bits per heavy atom. The molecule has 1 rings (SSSR count). The molecule has 0 aromatic heterocycles. The van der Waals surface area contributed by atoms with Crippen LogP contribution < -0.4 is 15.5 Å². The van der Waals surface area contributed by atoms with Gasteiger partial charge in [0.1, 0.15) is 0 Å². The van der Waals surface area contributed by atoms with Crippen molar-refractivity contribution in [3.05, 3.63) is 29.8 Å². The highest BCUT2D eigenvalue weighted by Crippen LogP contribution is 2.13. The second-order valence-electron chi connectivity index (χ2n) is 5.72. The Kier molecular flexibility index (Phi) is 11.1. The van der Waals surface area contributed by atoms with E-state index in [4.69, 9.17) is 0 Å². The Balaban J connectivity index is 0.00000441. The minimum Gasteiger partial charge on any atom is -0.378 e. The van der Waals surface area contributed by atoms with Crippen LogP contribution in [0, 0.1) is 0 Å². The number of aliphatic imine (C=N–C) groups is 1. The summed E-state index contributed by atoms with van der Waals surface area (Å²) < 4.78 is 0. The first-order valence-electron chi connectivity index (χ1n) is 7.84. The van der Waals surface area contributed by atoms with Crippen LogP contribution in [0.5, 0.6) is 0 Å². The Morgan fingerprint density at radius 2 is 1.82 bits per heavy atom. The van der Waals surface area contributed by atoms with Crippen molar-refractivity contribution < 1.29 is 0 Å². The number of rotatable bonds is 7. The summed E-state index contributed by atoms with van der Waals surface area (Å²) in [5.41, 5.74) is 2.62. The number of benzene rings is 1. The summed E-state index contributed by atoms with van der Waals surface area (Å²) in [5, 5.41) is 6.60. The van der Waals surface area contributed by atoms with Gasteiger partial charge in [0.15, 0.2) is 5.96 Å². The van der Waals surface area contributed by atoms with Crippen molar-refractivity contribution in [2.75, 3.05) is 32.1 Å². The minimum absolute atomic E-state index is 0. The van der Waals surface area contributed by atoms with Crippen LogP contribution in [0.25, 0.3) is 0 Å². The van der Waals surface area contributed by atoms with Crippen LogP contribution in [0.1, 0.15) is 32.8 Å². The van der Waals surface area contributed by atoms with Gasteiger partial charge in [-0.15, -0.1) is 24.0 Å². The van der Waals surface area contributed by atoms with E-state index in [0.29, 0.717) is 6.04 Å². The smallest absolute Gasteiger partial charge is 0.191 e. The highest BCUT2D eigenvalue weighted by Gasteiger charge is 2.00. The molecule has 2 N–H and O–H groups in total. The van der Waals surface area contributed by atoms with Crippen molar-refractivity contribution in [3.8, 4) is 0 Å². The van der Waals surface area contributed by atoms with Gasteiger partial charge in [-0.3, -0.25) is 4.99 Å². The average Bonchev–Trinajstić information content (AvgIpc) is 2.43. The van der Waals surface area contributed by atoms with Gasteiger partial charge in [0.05, 0.1) is 0 Å². The van der Waals surface area contributed by atoms with Crippen molar-refractivity contribution >= 4 is 35.6 Å². The predicted molar refractivity (Wildman–Crippen MR) is 109 cm³/mol. The van der Waals surface area contributed by atoms with Gasteiger partial charge in [-0.1, -0.05) is 12.1 Å². The fourth-order valence-electron chi connectivity index (χ4n) is 2.03. The molecule has 0 saturated carbocycles. The largest absolute Gasteiger partial charge is 0.378 e. The van der Waals surface area contributed by atoms with E-state index >= 15 is 0 Å². The highest BCUT2D eigenvalue weighted by atomic mass is 127. The average molecular weight is 418 g/mol. The van der Waals surface area contributed by atoms with Gasteiger partial charge in [-0.25, -0.2) is 0 Å². The normalized spacial score (nSPS) is 11.1. The zero-order valence-electron chi connectivity index (χ0n) is 14.5. The highest BCUT2D eigenvalue weighted by molar-refractivity contribution is 14.0. The second kappa shape index (κ2) is 11.6. The summed E-state index contributed by atoms with van der Waals surface area (Å²) in [5.74, 6) is 0.912. The van der Waals surface area contributed by atoms with Crippen molar-refractivity contribution in [1.29, 1.82) is 0 Å². The monoisotopic (exact) mass is 418 g/mol. The fourth-order valence-corrected chi connectivity index (χ4v) is 2.03. The van der Waals surface area contributed by atoms with Crippen molar-refractivity contribution in [2.24, 2.45) is 4.99 Å². The molecule has 4 nitrogen and oxygen atoms in total. The van der Waals surface area contributed by atoms with Gasteiger partial charge < -0.3 is 15.5 Å². The lowest BCUT2D eigenvalue weighted by Gasteiger charge is -2.14. The third-order valence-electron chi connectivity index (χ3n) is 3.12. The number of aryl methyl sites for hydroxylation is 1. The third kappa shape index (κ3) is 8.46.